The summed E-state index contributed by atoms with van der Waals surface area (Å²) in [5.74, 6) is 0.142. The Bertz CT molecular complexity index is 1340. The van der Waals surface area contributed by atoms with Crippen LogP contribution in [0, 0.1) is 13.8 Å². The molecule has 0 atom stereocenters. The van der Waals surface area contributed by atoms with Crippen molar-refractivity contribution in [3.05, 3.63) is 60.0 Å². The summed E-state index contributed by atoms with van der Waals surface area (Å²) in [6.45, 7) is 6.11. The van der Waals surface area contributed by atoms with E-state index < -0.39 is 20.0 Å². The highest BCUT2D eigenvalue weighted by atomic mass is 35.5. The van der Waals surface area contributed by atoms with Crippen LogP contribution in [0.25, 0.3) is 0 Å². The molecule has 0 bridgehead atoms. The molecule has 1 fully saturated rings. The third-order valence-corrected chi connectivity index (χ3v) is 8.25. The normalized spacial score (nSPS) is 14.4. The SMILES string of the molecule is Cc1noc(C)c1S(=O)(=O)Nc1ccc(N2CCNCC2)cc1NS(=O)(=O)c1ccccc1.Cl. The number of nitrogens with one attached hydrogen (secondary N) is 3. The number of anilines is 3. The number of halogens is 1. The number of sulfonamides is 2. The quantitative estimate of drug-likeness (QED) is 0.427. The zero-order chi connectivity index (χ0) is 23.6. The smallest absolute Gasteiger partial charge is 0.267 e. The van der Waals surface area contributed by atoms with Gasteiger partial charge in [-0.3, -0.25) is 9.44 Å². The minimum atomic E-state index is -4.08. The van der Waals surface area contributed by atoms with Crippen LogP contribution in [-0.2, 0) is 20.0 Å². The van der Waals surface area contributed by atoms with E-state index in [1.165, 1.54) is 26.0 Å². The van der Waals surface area contributed by atoms with Crippen molar-refractivity contribution < 1.29 is 21.4 Å². The number of aromatic nitrogens is 1. The third-order valence-electron chi connectivity index (χ3n) is 5.26. The standard InChI is InChI=1S/C21H25N5O5S2.ClH/c1-15-21(16(2)31-23-15)33(29,30)24-19-9-8-17(26-12-10-22-11-13-26)14-20(19)25-32(27,28)18-6-4-3-5-7-18;/h3-9,14,22,24-25H,10-13H2,1-2H3;1H. The zero-order valence-corrected chi connectivity index (χ0v) is 21.1. The van der Waals surface area contributed by atoms with Gasteiger partial charge in [0.1, 0.15) is 5.69 Å². The van der Waals surface area contributed by atoms with Gasteiger partial charge in [0.25, 0.3) is 20.0 Å². The number of benzene rings is 2. The minimum absolute atomic E-state index is 0. The molecule has 0 aliphatic carbocycles. The number of nitrogens with zero attached hydrogens (tertiary/aromatic N) is 2. The predicted octanol–water partition coefficient (Wildman–Crippen LogP) is 2.72. The molecular formula is C21H26ClN5O5S2. The number of hydrogen-bond acceptors (Lipinski definition) is 8. The highest BCUT2D eigenvalue weighted by Crippen LogP contribution is 2.32. The molecule has 10 nitrogen and oxygen atoms in total. The van der Waals surface area contributed by atoms with E-state index in [9.17, 15) is 16.8 Å². The molecule has 0 saturated carbocycles. The topological polar surface area (TPSA) is 134 Å². The molecule has 4 rings (SSSR count). The Morgan fingerprint density at radius 1 is 0.912 bits per heavy atom. The van der Waals surface area contributed by atoms with Gasteiger partial charge in [-0.2, -0.15) is 0 Å². The number of hydrogen-bond donors (Lipinski definition) is 3. The molecule has 1 aliphatic rings. The van der Waals surface area contributed by atoms with Crippen LogP contribution in [0.2, 0.25) is 0 Å². The van der Waals surface area contributed by atoms with Crippen LogP contribution in [0.3, 0.4) is 0 Å². The first-order valence-electron chi connectivity index (χ1n) is 10.3. The maximum Gasteiger partial charge on any atom is 0.267 e. The van der Waals surface area contributed by atoms with Gasteiger partial charge in [-0.25, -0.2) is 16.8 Å². The van der Waals surface area contributed by atoms with Crippen molar-refractivity contribution in [3.63, 3.8) is 0 Å². The largest absolute Gasteiger partial charge is 0.369 e. The summed E-state index contributed by atoms with van der Waals surface area (Å²) in [6, 6.07) is 12.8. The molecule has 2 heterocycles. The molecule has 0 unspecified atom stereocenters. The van der Waals surface area contributed by atoms with Gasteiger partial charge in [-0.15, -0.1) is 12.4 Å². The second-order valence-electron chi connectivity index (χ2n) is 7.64. The predicted molar refractivity (Wildman–Crippen MR) is 133 cm³/mol. The number of rotatable bonds is 7. The van der Waals surface area contributed by atoms with Crippen molar-refractivity contribution in [1.29, 1.82) is 0 Å². The van der Waals surface area contributed by atoms with Gasteiger partial charge in [0.2, 0.25) is 0 Å². The van der Waals surface area contributed by atoms with Gasteiger partial charge < -0.3 is 14.7 Å². The monoisotopic (exact) mass is 527 g/mol. The molecule has 1 aliphatic heterocycles. The van der Waals surface area contributed by atoms with Crippen molar-refractivity contribution in [3.8, 4) is 0 Å². The molecule has 3 N–H and O–H groups in total. The van der Waals surface area contributed by atoms with Gasteiger partial charge in [-0.05, 0) is 44.2 Å². The molecule has 3 aromatic rings. The van der Waals surface area contributed by atoms with Crippen LogP contribution < -0.4 is 19.7 Å². The molecule has 1 aromatic heterocycles. The average Bonchev–Trinajstić information content (AvgIpc) is 3.14. The van der Waals surface area contributed by atoms with Crippen molar-refractivity contribution in [2.45, 2.75) is 23.6 Å². The number of piperazine rings is 1. The van der Waals surface area contributed by atoms with E-state index in [2.05, 4.69) is 24.8 Å². The van der Waals surface area contributed by atoms with Crippen LogP contribution in [0.15, 0.2) is 62.8 Å². The van der Waals surface area contributed by atoms with Crippen LogP contribution in [0.5, 0.6) is 0 Å². The lowest BCUT2D eigenvalue weighted by atomic mass is 10.2. The maximum absolute atomic E-state index is 13.1. The summed E-state index contributed by atoms with van der Waals surface area (Å²) in [5.41, 5.74) is 1.20. The Labute approximate surface area is 205 Å². The third kappa shape index (κ3) is 5.46. The lowest BCUT2D eigenvalue weighted by Gasteiger charge is -2.30. The van der Waals surface area contributed by atoms with E-state index in [0.29, 0.717) is 0 Å². The molecule has 2 aromatic carbocycles. The fraction of sp³-hybridized carbons (Fsp3) is 0.286. The Morgan fingerprint density at radius 2 is 1.56 bits per heavy atom. The van der Waals surface area contributed by atoms with Crippen molar-refractivity contribution >= 4 is 49.5 Å². The lowest BCUT2D eigenvalue weighted by molar-refractivity contribution is 0.390. The highest BCUT2D eigenvalue weighted by Gasteiger charge is 2.26. The molecule has 0 amide bonds. The van der Waals surface area contributed by atoms with Crippen LogP contribution in [0.1, 0.15) is 11.5 Å². The Morgan fingerprint density at radius 3 is 2.18 bits per heavy atom. The van der Waals surface area contributed by atoms with Crippen LogP contribution in [0.4, 0.5) is 17.1 Å². The Kier molecular flexibility index (Phi) is 7.76. The van der Waals surface area contributed by atoms with Crippen molar-refractivity contribution in [2.24, 2.45) is 0 Å². The summed E-state index contributed by atoms with van der Waals surface area (Å²) < 4.78 is 62.2. The summed E-state index contributed by atoms with van der Waals surface area (Å²) >= 11 is 0. The molecule has 1 saturated heterocycles. The second kappa shape index (κ2) is 10.2. The van der Waals surface area contributed by atoms with Crippen molar-refractivity contribution in [2.75, 3.05) is 40.5 Å². The Hall–Kier alpha value is -2.80. The first kappa shape index (κ1) is 25.8. The molecule has 0 spiro atoms. The van der Waals surface area contributed by atoms with E-state index >= 15 is 0 Å². The van der Waals surface area contributed by atoms with E-state index in [1.54, 1.807) is 36.4 Å². The highest BCUT2D eigenvalue weighted by molar-refractivity contribution is 7.93. The fourth-order valence-electron chi connectivity index (χ4n) is 3.68. The van der Waals surface area contributed by atoms with Crippen molar-refractivity contribution in [1.82, 2.24) is 10.5 Å². The van der Waals surface area contributed by atoms with Gasteiger partial charge in [0.05, 0.1) is 16.3 Å². The molecular weight excluding hydrogens is 502 g/mol. The minimum Gasteiger partial charge on any atom is -0.369 e. The summed E-state index contributed by atoms with van der Waals surface area (Å²) in [7, 11) is -8.03. The van der Waals surface area contributed by atoms with E-state index in [0.717, 1.165) is 31.9 Å². The van der Waals surface area contributed by atoms with E-state index in [4.69, 9.17) is 4.52 Å². The molecule has 0 radical (unpaired) electrons. The molecule has 13 heteroatoms. The summed E-state index contributed by atoms with van der Waals surface area (Å²) in [4.78, 5) is 2.09. The lowest BCUT2D eigenvalue weighted by Crippen LogP contribution is -2.43. The maximum atomic E-state index is 13.1. The number of aryl methyl sites for hydroxylation is 2. The van der Waals surface area contributed by atoms with Crippen LogP contribution >= 0.6 is 12.4 Å². The average molecular weight is 528 g/mol. The second-order valence-corrected chi connectivity index (χ2v) is 10.9. The van der Waals surface area contributed by atoms with Crippen LogP contribution in [-0.4, -0.2) is 48.2 Å². The Balaban J connectivity index is 0.00000324. The van der Waals surface area contributed by atoms with Gasteiger partial charge in [0, 0.05) is 31.9 Å². The molecule has 184 valence electrons. The fourth-order valence-corrected chi connectivity index (χ4v) is 6.19. The zero-order valence-electron chi connectivity index (χ0n) is 18.6. The van der Waals surface area contributed by atoms with Gasteiger partial charge >= 0.3 is 0 Å². The van der Waals surface area contributed by atoms with Gasteiger partial charge in [0.15, 0.2) is 10.7 Å². The molecule has 34 heavy (non-hydrogen) atoms. The van der Waals surface area contributed by atoms with E-state index in [-0.39, 0.29) is 45.0 Å². The van der Waals surface area contributed by atoms with E-state index in [1.807, 2.05) is 0 Å². The summed E-state index contributed by atoms with van der Waals surface area (Å²) in [6.07, 6.45) is 0. The van der Waals surface area contributed by atoms with Gasteiger partial charge in [-0.1, -0.05) is 23.4 Å². The first-order valence-corrected chi connectivity index (χ1v) is 13.3. The summed E-state index contributed by atoms with van der Waals surface area (Å²) in [5, 5.41) is 6.97. The first-order chi connectivity index (χ1) is 15.7.